The van der Waals surface area contributed by atoms with Gasteiger partial charge in [-0.05, 0) is 37.1 Å². The monoisotopic (exact) mass is 284 g/mol. The molecule has 0 aromatic heterocycles. The Morgan fingerprint density at radius 2 is 1.25 bits per heavy atom. The molecule has 2 aliphatic heterocycles. The zero-order valence-corrected chi connectivity index (χ0v) is 12.3. The van der Waals surface area contributed by atoms with Crippen LogP contribution in [0.15, 0.2) is 58.3 Å². The molecule has 102 valence electrons. The molecule has 0 saturated carbocycles. The third kappa shape index (κ3) is 1.89. The summed E-state index contributed by atoms with van der Waals surface area (Å²) in [5, 5.41) is 0. The van der Waals surface area contributed by atoms with Gasteiger partial charge in [0, 0.05) is 9.79 Å². The van der Waals surface area contributed by atoms with Crippen LogP contribution in [0.1, 0.15) is 37.2 Å². The molecule has 2 atom stereocenters. The maximum absolute atomic E-state index is 6.18. The van der Waals surface area contributed by atoms with Gasteiger partial charge in [0.05, 0.1) is 0 Å². The van der Waals surface area contributed by atoms with Gasteiger partial charge in [0.25, 0.3) is 0 Å². The Morgan fingerprint density at radius 1 is 0.800 bits per heavy atom. The molecule has 0 bridgehead atoms. The molecular weight excluding hydrogens is 268 g/mol. The van der Waals surface area contributed by atoms with E-state index in [9.17, 15) is 0 Å². The third-order valence-electron chi connectivity index (χ3n) is 3.77. The number of hydrogen-bond acceptors (Lipinski definition) is 3. The van der Waals surface area contributed by atoms with Crippen molar-refractivity contribution >= 4 is 11.8 Å². The first kappa shape index (κ1) is 12.5. The van der Waals surface area contributed by atoms with E-state index < -0.39 is 5.79 Å². The molecule has 2 aliphatic rings. The number of hydrogen-bond donors (Lipinski definition) is 0. The number of ether oxygens (including phenoxy) is 2. The van der Waals surface area contributed by atoms with Crippen molar-refractivity contribution in [1.29, 1.82) is 0 Å². The molecule has 1 fully saturated rings. The van der Waals surface area contributed by atoms with E-state index in [1.807, 2.05) is 13.8 Å². The van der Waals surface area contributed by atoms with Crippen LogP contribution in [-0.4, -0.2) is 5.79 Å². The molecule has 0 spiro atoms. The summed E-state index contributed by atoms with van der Waals surface area (Å²) in [7, 11) is 0. The van der Waals surface area contributed by atoms with Crippen molar-refractivity contribution in [1.82, 2.24) is 0 Å². The van der Waals surface area contributed by atoms with Crippen LogP contribution in [-0.2, 0) is 9.47 Å². The molecule has 0 aliphatic carbocycles. The molecule has 1 saturated heterocycles. The van der Waals surface area contributed by atoms with E-state index in [4.69, 9.17) is 9.47 Å². The van der Waals surface area contributed by atoms with Crippen LogP contribution >= 0.6 is 11.8 Å². The summed E-state index contributed by atoms with van der Waals surface area (Å²) < 4.78 is 12.4. The smallest absolute Gasteiger partial charge is 0.164 e. The Bertz CT molecular complexity index is 610. The first-order valence-corrected chi connectivity index (χ1v) is 7.67. The summed E-state index contributed by atoms with van der Waals surface area (Å²) in [4.78, 5) is 2.52. The molecule has 0 N–H and O–H groups in total. The molecule has 4 rings (SSSR count). The Morgan fingerprint density at radius 3 is 1.75 bits per heavy atom. The van der Waals surface area contributed by atoms with E-state index in [1.165, 1.54) is 20.9 Å². The van der Waals surface area contributed by atoms with Crippen molar-refractivity contribution in [2.24, 2.45) is 0 Å². The number of fused-ring (bicyclic) bond motifs is 5. The quantitative estimate of drug-likeness (QED) is 0.697. The fourth-order valence-corrected chi connectivity index (χ4v) is 4.09. The lowest BCUT2D eigenvalue weighted by molar-refractivity contribution is -0.147. The van der Waals surface area contributed by atoms with Crippen molar-refractivity contribution in [2.45, 2.75) is 41.6 Å². The highest BCUT2D eigenvalue weighted by Crippen LogP contribution is 2.54. The van der Waals surface area contributed by atoms with E-state index in [0.29, 0.717) is 0 Å². The van der Waals surface area contributed by atoms with E-state index in [-0.39, 0.29) is 12.2 Å². The molecule has 2 aromatic rings. The molecule has 20 heavy (non-hydrogen) atoms. The topological polar surface area (TPSA) is 18.5 Å². The first-order chi connectivity index (χ1) is 9.64. The van der Waals surface area contributed by atoms with Gasteiger partial charge >= 0.3 is 0 Å². The summed E-state index contributed by atoms with van der Waals surface area (Å²) in [5.41, 5.74) is 2.45. The highest BCUT2D eigenvalue weighted by atomic mass is 32.2. The second-order valence-electron chi connectivity index (χ2n) is 5.65. The van der Waals surface area contributed by atoms with Crippen LogP contribution in [0.3, 0.4) is 0 Å². The first-order valence-electron chi connectivity index (χ1n) is 6.85. The van der Waals surface area contributed by atoms with Gasteiger partial charge in [-0.25, -0.2) is 0 Å². The van der Waals surface area contributed by atoms with Gasteiger partial charge in [0.2, 0.25) is 0 Å². The molecule has 0 amide bonds. The average molecular weight is 284 g/mol. The lowest BCUT2D eigenvalue weighted by atomic mass is 9.99. The van der Waals surface area contributed by atoms with Gasteiger partial charge in [0.1, 0.15) is 12.2 Å². The van der Waals surface area contributed by atoms with Crippen LogP contribution in [0, 0.1) is 0 Å². The average Bonchev–Trinajstić information content (AvgIpc) is 2.69. The second kappa shape index (κ2) is 4.35. The van der Waals surface area contributed by atoms with Crippen LogP contribution in [0.25, 0.3) is 0 Å². The van der Waals surface area contributed by atoms with Gasteiger partial charge in [-0.1, -0.05) is 48.2 Å². The van der Waals surface area contributed by atoms with Crippen molar-refractivity contribution in [3.05, 3.63) is 59.7 Å². The Labute approximate surface area is 123 Å². The summed E-state index contributed by atoms with van der Waals surface area (Å²) in [6, 6.07) is 16.9. The lowest BCUT2D eigenvalue weighted by Gasteiger charge is -2.18. The third-order valence-corrected chi connectivity index (χ3v) is 4.95. The molecular formula is C17H16O2S. The fourth-order valence-electron chi connectivity index (χ4n) is 2.95. The van der Waals surface area contributed by atoms with Crippen LogP contribution in [0.4, 0.5) is 0 Å². The van der Waals surface area contributed by atoms with E-state index in [2.05, 4.69) is 48.5 Å². The molecule has 0 radical (unpaired) electrons. The van der Waals surface area contributed by atoms with Crippen molar-refractivity contribution < 1.29 is 9.47 Å². The summed E-state index contributed by atoms with van der Waals surface area (Å²) in [6.45, 7) is 3.97. The summed E-state index contributed by atoms with van der Waals surface area (Å²) in [5.74, 6) is -0.544. The fraction of sp³-hybridized carbons (Fsp3) is 0.294. The zero-order chi connectivity index (χ0) is 13.7. The van der Waals surface area contributed by atoms with Gasteiger partial charge in [-0.15, -0.1) is 0 Å². The van der Waals surface area contributed by atoms with Crippen LogP contribution < -0.4 is 0 Å². The lowest BCUT2D eigenvalue weighted by Crippen LogP contribution is -2.20. The Kier molecular flexibility index (Phi) is 2.71. The maximum Gasteiger partial charge on any atom is 0.164 e. The molecule has 0 unspecified atom stereocenters. The Hall–Kier alpha value is -1.29. The highest BCUT2D eigenvalue weighted by Gasteiger charge is 2.45. The molecule has 2 aromatic carbocycles. The molecule has 2 nitrogen and oxygen atoms in total. The zero-order valence-electron chi connectivity index (χ0n) is 11.5. The van der Waals surface area contributed by atoms with Crippen LogP contribution in [0.5, 0.6) is 0 Å². The van der Waals surface area contributed by atoms with Gasteiger partial charge in [-0.3, -0.25) is 0 Å². The minimum absolute atomic E-state index is 0.0302. The van der Waals surface area contributed by atoms with Gasteiger partial charge in [0.15, 0.2) is 5.79 Å². The van der Waals surface area contributed by atoms with Gasteiger partial charge < -0.3 is 9.47 Å². The second-order valence-corrected chi connectivity index (χ2v) is 6.74. The van der Waals surface area contributed by atoms with Crippen molar-refractivity contribution in [3.63, 3.8) is 0 Å². The maximum atomic E-state index is 6.18. The normalized spacial score (nSPS) is 26.3. The van der Waals surface area contributed by atoms with Gasteiger partial charge in [-0.2, -0.15) is 0 Å². The minimum Gasteiger partial charge on any atom is -0.339 e. The summed E-state index contributed by atoms with van der Waals surface area (Å²) >= 11 is 1.80. The van der Waals surface area contributed by atoms with Crippen molar-refractivity contribution in [3.8, 4) is 0 Å². The minimum atomic E-state index is -0.544. The van der Waals surface area contributed by atoms with E-state index in [0.717, 1.165) is 0 Å². The van der Waals surface area contributed by atoms with E-state index in [1.54, 1.807) is 11.8 Å². The summed E-state index contributed by atoms with van der Waals surface area (Å²) in [6.07, 6.45) is -0.0605. The standard InChI is InChI=1S/C17H16O2S/c1-17(2)18-15-11-7-3-5-9-13(11)20-14-10-6-4-8-12(14)16(15)19-17/h3-10,15-16H,1-2H3/t15-,16-/m1/s1. The van der Waals surface area contributed by atoms with Crippen molar-refractivity contribution in [2.75, 3.05) is 0 Å². The van der Waals surface area contributed by atoms with Crippen LogP contribution in [0.2, 0.25) is 0 Å². The predicted molar refractivity (Wildman–Crippen MR) is 78.7 cm³/mol. The number of benzene rings is 2. The predicted octanol–water partition coefficient (Wildman–Crippen LogP) is 4.72. The molecule has 2 heterocycles. The molecule has 3 heteroatoms. The largest absolute Gasteiger partial charge is 0.339 e. The number of rotatable bonds is 0. The van der Waals surface area contributed by atoms with E-state index >= 15 is 0 Å². The Balaban J connectivity index is 1.94. The SMILES string of the molecule is CC1(C)O[C@@H]2c3ccccc3Sc3ccccc3[C@H]2O1. The highest BCUT2D eigenvalue weighted by molar-refractivity contribution is 7.99.